The quantitative estimate of drug-likeness (QED) is 0.483. The molecule has 5 nitrogen and oxygen atoms in total. The molecule has 0 unspecified atom stereocenters. The summed E-state index contributed by atoms with van der Waals surface area (Å²) in [6.07, 6.45) is 3.30. The number of nitrogens with zero attached hydrogens (tertiary/aromatic N) is 4. The Labute approximate surface area is 134 Å². The van der Waals surface area contributed by atoms with Gasteiger partial charge in [0.2, 0.25) is 0 Å². The number of hydrogen-bond donors (Lipinski definition) is 0. The van der Waals surface area contributed by atoms with E-state index >= 15 is 0 Å². The molecule has 0 amide bonds. The van der Waals surface area contributed by atoms with Crippen LogP contribution < -0.4 is 5.56 Å². The van der Waals surface area contributed by atoms with Crippen molar-refractivity contribution in [3.63, 3.8) is 0 Å². The van der Waals surface area contributed by atoms with Gasteiger partial charge in [-0.3, -0.25) is 4.79 Å². The van der Waals surface area contributed by atoms with E-state index in [1.165, 1.54) is 11.0 Å². The van der Waals surface area contributed by atoms with Crippen LogP contribution in [0.3, 0.4) is 0 Å². The maximum Gasteiger partial charge on any atom is 0.281 e. The van der Waals surface area contributed by atoms with Crippen molar-refractivity contribution in [2.45, 2.75) is 13.8 Å². The summed E-state index contributed by atoms with van der Waals surface area (Å²) in [5.41, 5.74) is 0.525. The van der Waals surface area contributed by atoms with E-state index in [-0.39, 0.29) is 5.56 Å². The summed E-state index contributed by atoms with van der Waals surface area (Å²) >= 11 is 1.56. The van der Waals surface area contributed by atoms with Crippen LogP contribution in [0.5, 0.6) is 0 Å². The molecule has 0 aliphatic heterocycles. The second kappa shape index (κ2) is 7.79. The number of benzene rings is 1. The zero-order valence-electron chi connectivity index (χ0n) is 12.9. The van der Waals surface area contributed by atoms with E-state index in [2.05, 4.69) is 35.4 Å². The van der Waals surface area contributed by atoms with Gasteiger partial charge in [-0.05, 0) is 26.0 Å². The Morgan fingerprint density at radius 2 is 2.14 bits per heavy atom. The lowest BCUT2D eigenvalue weighted by molar-refractivity contribution is 0.470. The molecule has 0 aliphatic carbocycles. The maximum absolute atomic E-state index is 12.5. The SMILES string of the molecule is C=CCS/C(=N/n1cnc2ccccc2c1=O)N(CC)CC. The van der Waals surface area contributed by atoms with Crippen molar-refractivity contribution in [1.29, 1.82) is 0 Å². The molecular formula is C16H20N4OS. The maximum atomic E-state index is 12.5. The Morgan fingerprint density at radius 1 is 1.41 bits per heavy atom. The van der Waals surface area contributed by atoms with Crippen LogP contribution in [0.4, 0.5) is 0 Å². The minimum atomic E-state index is -0.158. The third-order valence-corrected chi connectivity index (χ3v) is 4.21. The predicted octanol–water partition coefficient (Wildman–Crippen LogP) is 2.78. The van der Waals surface area contributed by atoms with Gasteiger partial charge in [-0.2, -0.15) is 4.68 Å². The zero-order chi connectivity index (χ0) is 15.9. The fourth-order valence-corrected chi connectivity index (χ4v) is 2.89. The van der Waals surface area contributed by atoms with Crippen LogP contribution in [0.2, 0.25) is 0 Å². The number of amidine groups is 1. The molecular weight excluding hydrogens is 296 g/mol. The van der Waals surface area contributed by atoms with Crippen molar-refractivity contribution in [2.24, 2.45) is 5.10 Å². The molecule has 0 saturated carbocycles. The number of aromatic nitrogens is 2. The minimum Gasteiger partial charge on any atom is -0.350 e. The lowest BCUT2D eigenvalue weighted by Crippen LogP contribution is -2.30. The number of para-hydroxylation sites is 1. The molecule has 1 heterocycles. The van der Waals surface area contributed by atoms with Crippen molar-refractivity contribution in [3.8, 4) is 0 Å². The van der Waals surface area contributed by atoms with Crippen molar-refractivity contribution in [2.75, 3.05) is 18.8 Å². The highest BCUT2D eigenvalue weighted by Crippen LogP contribution is 2.10. The lowest BCUT2D eigenvalue weighted by Gasteiger charge is -2.21. The summed E-state index contributed by atoms with van der Waals surface area (Å²) in [6, 6.07) is 7.29. The molecule has 0 spiro atoms. The fourth-order valence-electron chi connectivity index (χ4n) is 2.03. The summed E-state index contributed by atoms with van der Waals surface area (Å²) in [4.78, 5) is 18.9. The predicted molar refractivity (Wildman–Crippen MR) is 94.4 cm³/mol. The summed E-state index contributed by atoms with van der Waals surface area (Å²) in [5, 5.41) is 5.85. The molecule has 0 atom stereocenters. The van der Waals surface area contributed by atoms with Gasteiger partial charge in [0.1, 0.15) is 6.33 Å². The van der Waals surface area contributed by atoms with E-state index < -0.39 is 0 Å². The molecule has 0 bridgehead atoms. The topological polar surface area (TPSA) is 50.5 Å². The first kappa shape index (κ1) is 16.3. The summed E-state index contributed by atoms with van der Waals surface area (Å²) < 4.78 is 1.31. The molecule has 2 rings (SSSR count). The Balaban J connectivity index is 2.48. The summed E-state index contributed by atoms with van der Waals surface area (Å²) in [5.74, 6) is 0.741. The monoisotopic (exact) mass is 316 g/mol. The van der Waals surface area contributed by atoms with Crippen LogP contribution in [0.1, 0.15) is 13.8 Å². The summed E-state index contributed by atoms with van der Waals surface area (Å²) in [6.45, 7) is 9.52. The van der Waals surface area contributed by atoms with Crippen molar-refractivity contribution in [1.82, 2.24) is 14.6 Å². The molecule has 1 aromatic carbocycles. The average molecular weight is 316 g/mol. The first-order chi connectivity index (χ1) is 10.7. The molecule has 0 fully saturated rings. The third kappa shape index (κ3) is 3.57. The number of rotatable bonds is 5. The van der Waals surface area contributed by atoms with Gasteiger partial charge in [0.25, 0.3) is 5.56 Å². The molecule has 6 heteroatoms. The van der Waals surface area contributed by atoms with E-state index in [9.17, 15) is 4.79 Å². The number of fused-ring (bicyclic) bond motifs is 1. The standard InChI is InChI=1S/C16H20N4OS/c1-4-11-22-16(19(5-2)6-3)18-20-12-17-14-10-8-7-9-13(14)15(20)21/h4,7-10,12H,1,5-6,11H2,2-3H3/b18-16+. The van der Waals surface area contributed by atoms with Crippen LogP contribution in [-0.2, 0) is 0 Å². The fraction of sp³-hybridized carbons (Fsp3) is 0.312. The third-order valence-electron chi connectivity index (χ3n) is 3.21. The van der Waals surface area contributed by atoms with Gasteiger partial charge < -0.3 is 4.90 Å². The Bertz CT molecular complexity index is 734. The van der Waals surface area contributed by atoms with Gasteiger partial charge in [-0.1, -0.05) is 30.0 Å². The van der Waals surface area contributed by atoms with Crippen LogP contribution in [0, 0.1) is 0 Å². The first-order valence-electron chi connectivity index (χ1n) is 7.25. The second-order valence-electron chi connectivity index (χ2n) is 4.57. The van der Waals surface area contributed by atoms with Crippen molar-refractivity contribution >= 4 is 27.8 Å². The zero-order valence-corrected chi connectivity index (χ0v) is 13.7. The van der Waals surface area contributed by atoms with Gasteiger partial charge >= 0.3 is 0 Å². The van der Waals surface area contributed by atoms with Crippen molar-refractivity contribution in [3.05, 3.63) is 53.6 Å². The molecule has 116 valence electrons. The molecule has 0 aliphatic rings. The van der Waals surface area contributed by atoms with Crippen LogP contribution >= 0.6 is 11.8 Å². The highest BCUT2D eigenvalue weighted by atomic mass is 32.2. The van der Waals surface area contributed by atoms with Gasteiger partial charge in [0.15, 0.2) is 5.17 Å². The highest BCUT2D eigenvalue weighted by Gasteiger charge is 2.10. The van der Waals surface area contributed by atoms with E-state index in [1.807, 2.05) is 24.3 Å². The molecule has 0 saturated heterocycles. The smallest absolute Gasteiger partial charge is 0.281 e. The second-order valence-corrected chi connectivity index (χ2v) is 5.55. The Kier molecular flexibility index (Phi) is 5.77. The van der Waals surface area contributed by atoms with Gasteiger partial charge in [0, 0.05) is 18.8 Å². The van der Waals surface area contributed by atoms with Crippen LogP contribution in [0.25, 0.3) is 10.9 Å². The lowest BCUT2D eigenvalue weighted by atomic mass is 10.2. The molecule has 2 aromatic rings. The molecule has 0 radical (unpaired) electrons. The van der Waals surface area contributed by atoms with E-state index in [1.54, 1.807) is 17.8 Å². The van der Waals surface area contributed by atoms with Gasteiger partial charge in [-0.15, -0.1) is 11.7 Å². The summed E-state index contributed by atoms with van der Waals surface area (Å²) in [7, 11) is 0. The first-order valence-corrected chi connectivity index (χ1v) is 8.23. The van der Waals surface area contributed by atoms with Gasteiger partial charge in [-0.25, -0.2) is 4.98 Å². The minimum absolute atomic E-state index is 0.158. The number of hydrogen-bond acceptors (Lipinski definition) is 4. The van der Waals surface area contributed by atoms with Gasteiger partial charge in [0.05, 0.1) is 10.9 Å². The van der Waals surface area contributed by atoms with E-state index in [0.29, 0.717) is 10.9 Å². The normalized spacial score (nSPS) is 11.6. The van der Waals surface area contributed by atoms with E-state index in [0.717, 1.165) is 24.0 Å². The molecule has 0 N–H and O–H groups in total. The van der Waals surface area contributed by atoms with Crippen molar-refractivity contribution < 1.29 is 0 Å². The van der Waals surface area contributed by atoms with Crippen LogP contribution in [-0.4, -0.2) is 38.6 Å². The largest absolute Gasteiger partial charge is 0.350 e. The average Bonchev–Trinajstić information content (AvgIpc) is 2.56. The molecule has 22 heavy (non-hydrogen) atoms. The Hall–Kier alpha value is -2.08. The van der Waals surface area contributed by atoms with E-state index in [4.69, 9.17) is 0 Å². The Morgan fingerprint density at radius 3 is 2.82 bits per heavy atom. The number of thioether (sulfide) groups is 1. The molecule has 1 aromatic heterocycles. The van der Waals surface area contributed by atoms with Crippen LogP contribution in [0.15, 0.2) is 53.1 Å². The highest BCUT2D eigenvalue weighted by molar-refractivity contribution is 8.13.